The van der Waals surface area contributed by atoms with Crippen molar-refractivity contribution in [3.05, 3.63) is 23.4 Å². The molecule has 0 radical (unpaired) electrons. The number of carbonyl (C=O) groups excluding carboxylic acids is 1. The molecule has 2 heterocycles. The zero-order chi connectivity index (χ0) is 14.1. The normalized spacial score (nSPS) is 15.6. The second-order valence-electron chi connectivity index (χ2n) is 5.04. The molecule has 1 aliphatic rings. The molecule has 1 saturated heterocycles. The lowest BCUT2D eigenvalue weighted by Crippen LogP contribution is -2.29. The van der Waals surface area contributed by atoms with Gasteiger partial charge in [0.15, 0.2) is 5.75 Å². The van der Waals surface area contributed by atoms with Gasteiger partial charge < -0.3 is 14.1 Å². The van der Waals surface area contributed by atoms with Crippen LogP contribution in [0.15, 0.2) is 22.8 Å². The Morgan fingerprint density at radius 2 is 2.05 bits per heavy atom. The minimum Gasteiger partial charge on any atom is -0.460 e. The van der Waals surface area contributed by atoms with Crippen molar-refractivity contribution in [2.45, 2.75) is 26.2 Å². The minimum absolute atomic E-state index is 0.371. The van der Waals surface area contributed by atoms with Gasteiger partial charge in [0.25, 0.3) is 0 Å². The molecule has 0 unspecified atom stereocenters. The van der Waals surface area contributed by atoms with Gasteiger partial charge >= 0.3 is 5.97 Å². The maximum atomic E-state index is 11.0. The van der Waals surface area contributed by atoms with E-state index in [0.29, 0.717) is 16.4 Å². The van der Waals surface area contributed by atoms with E-state index in [2.05, 4.69) is 4.90 Å². The van der Waals surface area contributed by atoms with Gasteiger partial charge in [-0.25, -0.2) is 0 Å². The molecule has 1 fully saturated rings. The molecule has 0 bridgehead atoms. The molecular weight excluding hydrogens is 278 g/mol. The molecule has 0 saturated carbocycles. The van der Waals surface area contributed by atoms with Crippen molar-refractivity contribution < 1.29 is 13.9 Å². The number of ether oxygens (including phenoxy) is 1. The summed E-state index contributed by atoms with van der Waals surface area (Å²) in [5.41, 5.74) is 1.67. The summed E-state index contributed by atoms with van der Waals surface area (Å²) in [6.07, 6.45) is 5.09. The molecule has 106 valence electrons. The summed E-state index contributed by atoms with van der Waals surface area (Å²) in [6, 6.07) is 3.73. The van der Waals surface area contributed by atoms with E-state index < -0.39 is 0 Å². The first-order chi connectivity index (χ1) is 9.65. The Morgan fingerprint density at radius 1 is 1.30 bits per heavy atom. The van der Waals surface area contributed by atoms with Crippen LogP contribution < -0.4 is 9.64 Å². The summed E-state index contributed by atoms with van der Waals surface area (Å²) in [5.74, 6) is 0.0449. The van der Waals surface area contributed by atoms with Gasteiger partial charge in [-0.1, -0.05) is 11.6 Å². The predicted molar refractivity (Wildman–Crippen MR) is 78.6 cm³/mol. The Labute approximate surface area is 122 Å². The highest BCUT2D eigenvalue weighted by molar-refractivity contribution is 6.34. The Kier molecular flexibility index (Phi) is 3.57. The quantitative estimate of drug-likeness (QED) is 0.785. The molecule has 0 spiro atoms. The molecule has 0 atom stereocenters. The monoisotopic (exact) mass is 293 g/mol. The third-order valence-corrected chi connectivity index (χ3v) is 3.86. The van der Waals surface area contributed by atoms with E-state index in [4.69, 9.17) is 20.8 Å². The second kappa shape index (κ2) is 5.37. The average molecular weight is 294 g/mol. The van der Waals surface area contributed by atoms with E-state index in [1.165, 1.54) is 32.4 Å². The minimum atomic E-state index is -0.371. The van der Waals surface area contributed by atoms with Crippen molar-refractivity contribution in [3.8, 4) is 5.75 Å². The predicted octanol–water partition coefficient (Wildman–Crippen LogP) is 4.00. The fourth-order valence-corrected chi connectivity index (χ4v) is 2.91. The number of rotatable bonds is 2. The largest absolute Gasteiger partial charge is 0.460 e. The Morgan fingerprint density at radius 3 is 2.75 bits per heavy atom. The van der Waals surface area contributed by atoms with Gasteiger partial charge in [-0.05, 0) is 25.3 Å². The Bertz CT molecular complexity index is 644. The SMILES string of the molecule is CC(=O)Oc1coc2cc(N3CCCCC3)c(Cl)cc12. The first-order valence-electron chi connectivity index (χ1n) is 6.79. The van der Waals surface area contributed by atoms with E-state index in [1.807, 2.05) is 12.1 Å². The van der Waals surface area contributed by atoms with Gasteiger partial charge in [-0.3, -0.25) is 4.79 Å². The van der Waals surface area contributed by atoms with Crippen LogP contribution in [0.2, 0.25) is 5.02 Å². The molecule has 0 amide bonds. The number of fused-ring (bicyclic) bond motifs is 1. The zero-order valence-corrected chi connectivity index (χ0v) is 12.1. The van der Waals surface area contributed by atoms with Gasteiger partial charge in [-0.2, -0.15) is 0 Å². The van der Waals surface area contributed by atoms with Crippen molar-refractivity contribution in [2.75, 3.05) is 18.0 Å². The molecule has 0 N–H and O–H groups in total. The smallest absolute Gasteiger partial charge is 0.308 e. The molecular formula is C15H16ClNO3. The molecule has 3 rings (SSSR count). The highest BCUT2D eigenvalue weighted by Gasteiger charge is 2.18. The first kappa shape index (κ1) is 13.3. The summed E-state index contributed by atoms with van der Waals surface area (Å²) >= 11 is 6.38. The molecule has 1 aliphatic heterocycles. The van der Waals surface area contributed by atoms with Crippen LogP contribution in [0.5, 0.6) is 5.75 Å². The summed E-state index contributed by atoms with van der Waals surface area (Å²) in [4.78, 5) is 13.3. The lowest BCUT2D eigenvalue weighted by Gasteiger charge is -2.29. The van der Waals surface area contributed by atoms with Crippen LogP contribution in [0, 0.1) is 0 Å². The van der Waals surface area contributed by atoms with Gasteiger partial charge in [0.1, 0.15) is 11.8 Å². The molecule has 2 aromatic rings. The number of hydrogen-bond donors (Lipinski definition) is 0. The van der Waals surface area contributed by atoms with Crippen LogP contribution in [0.3, 0.4) is 0 Å². The number of furan rings is 1. The van der Waals surface area contributed by atoms with E-state index >= 15 is 0 Å². The van der Waals surface area contributed by atoms with Crippen LogP contribution in [0.25, 0.3) is 11.0 Å². The molecule has 4 nitrogen and oxygen atoms in total. The summed E-state index contributed by atoms with van der Waals surface area (Å²) in [7, 11) is 0. The van der Waals surface area contributed by atoms with Crippen molar-refractivity contribution in [2.24, 2.45) is 0 Å². The first-order valence-corrected chi connectivity index (χ1v) is 7.17. The standard InChI is InChI=1S/C15H16ClNO3/c1-10(18)20-15-9-19-14-8-13(12(16)7-11(14)15)17-5-3-2-4-6-17/h7-9H,2-6H2,1H3. The van der Waals surface area contributed by atoms with Crippen LogP contribution in [-0.2, 0) is 4.79 Å². The van der Waals surface area contributed by atoms with Gasteiger partial charge in [-0.15, -0.1) is 0 Å². The average Bonchev–Trinajstić information content (AvgIpc) is 2.80. The van der Waals surface area contributed by atoms with E-state index in [-0.39, 0.29) is 5.97 Å². The Balaban J connectivity index is 1.99. The number of benzene rings is 1. The van der Waals surface area contributed by atoms with Crippen molar-refractivity contribution in [3.63, 3.8) is 0 Å². The van der Waals surface area contributed by atoms with Gasteiger partial charge in [0, 0.05) is 26.1 Å². The highest BCUT2D eigenvalue weighted by atomic mass is 35.5. The van der Waals surface area contributed by atoms with Crippen LogP contribution in [0.4, 0.5) is 5.69 Å². The van der Waals surface area contributed by atoms with Crippen molar-refractivity contribution in [1.29, 1.82) is 0 Å². The maximum absolute atomic E-state index is 11.0. The number of hydrogen-bond acceptors (Lipinski definition) is 4. The maximum Gasteiger partial charge on any atom is 0.308 e. The van der Waals surface area contributed by atoms with Crippen LogP contribution >= 0.6 is 11.6 Å². The topological polar surface area (TPSA) is 42.7 Å². The molecule has 0 aliphatic carbocycles. The van der Waals surface area contributed by atoms with Crippen molar-refractivity contribution in [1.82, 2.24) is 0 Å². The summed E-state index contributed by atoms with van der Waals surface area (Å²) in [6.45, 7) is 3.40. The van der Waals surface area contributed by atoms with E-state index in [0.717, 1.165) is 24.2 Å². The van der Waals surface area contributed by atoms with Crippen LogP contribution in [-0.4, -0.2) is 19.1 Å². The lowest BCUT2D eigenvalue weighted by molar-refractivity contribution is -0.131. The summed E-state index contributed by atoms with van der Waals surface area (Å²) in [5, 5.41) is 1.39. The fourth-order valence-electron chi connectivity index (χ4n) is 2.62. The number of carbonyl (C=O) groups is 1. The number of esters is 1. The summed E-state index contributed by atoms with van der Waals surface area (Å²) < 4.78 is 10.6. The third-order valence-electron chi connectivity index (χ3n) is 3.56. The molecule has 5 heteroatoms. The van der Waals surface area contributed by atoms with Crippen LogP contribution in [0.1, 0.15) is 26.2 Å². The highest BCUT2D eigenvalue weighted by Crippen LogP contribution is 2.37. The molecule has 20 heavy (non-hydrogen) atoms. The number of nitrogens with zero attached hydrogens (tertiary/aromatic N) is 1. The third kappa shape index (κ3) is 2.48. The van der Waals surface area contributed by atoms with Gasteiger partial charge in [0.05, 0.1) is 16.1 Å². The van der Waals surface area contributed by atoms with Gasteiger partial charge in [0.2, 0.25) is 0 Å². The van der Waals surface area contributed by atoms with Crippen molar-refractivity contribution >= 4 is 34.2 Å². The zero-order valence-electron chi connectivity index (χ0n) is 11.3. The fraction of sp³-hybridized carbons (Fsp3) is 0.400. The molecule has 1 aromatic carbocycles. The Hall–Kier alpha value is -1.68. The van der Waals surface area contributed by atoms with E-state index in [1.54, 1.807) is 0 Å². The lowest BCUT2D eigenvalue weighted by atomic mass is 10.1. The number of piperidine rings is 1. The second-order valence-corrected chi connectivity index (χ2v) is 5.45. The van der Waals surface area contributed by atoms with E-state index in [9.17, 15) is 4.79 Å². The number of anilines is 1. The number of halogens is 1. The molecule has 1 aromatic heterocycles.